The van der Waals surface area contributed by atoms with Crippen molar-refractivity contribution in [2.75, 3.05) is 19.6 Å². The van der Waals surface area contributed by atoms with E-state index in [1.54, 1.807) is 0 Å². The first-order valence-electron chi connectivity index (χ1n) is 5.81. The van der Waals surface area contributed by atoms with Crippen molar-refractivity contribution in [3.05, 3.63) is 42.0 Å². The quantitative estimate of drug-likeness (QED) is 0.726. The van der Waals surface area contributed by atoms with E-state index in [0.717, 1.165) is 6.54 Å². The number of rotatable bonds is 3. The third-order valence-corrected chi connectivity index (χ3v) is 3.08. The van der Waals surface area contributed by atoms with Crippen LogP contribution in [0.1, 0.15) is 25.3 Å². The number of hydrogen-bond donors (Lipinski definition) is 0. The van der Waals surface area contributed by atoms with Crippen molar-refractivity contribution in [3.63, 3.8) is 0 Å². The minimum Gasteiger partial charge on any atom is -0.300 e. The van der Waals surface area contributed by atoms with Crippen LogP contribution in [0.3, 0.4) is 0 Å². The van der Waals surface area contributed by atoms with E-state index >= 15 is 0 Å². The fourth-order valence-corrected chi connectivity index (χ4v) is 2.05. The third-order valence-electron chi connectivity index (χ3n) is 3.08. The van der Waals surface area contributed by atoms with Gasteiger partial charge in [0.05, 0.1) is 0 Å². The normalized spacial score (nSPS) is 18.3. The molecule has 1 fully saturated rings. The molecule has 1 aromatic rings. The summed E-state index contributed by atoms with van der Waals surface area (Å²) in [6.45, 7) is 5.86. The highest BCUT2D eigenvalue weighted by Crippen LogP contribution is 2.14. The molecule has 0 aromatic heterocycles. The van der Waals surface area contributed by atoms with Gasteiger partial charge < -0.3 is 0 Å². The van der Waals surface area contributed by atoms with Crippen molar-refractivity contribution in [1.29, 1.82) is 0 Å². The molecule has 0 aliphatic carbocycles. The summed E-state index contributed by atoms with van der Waals surface area (Å²) in [7, 11) is 0. The molecule has 1 aromatic carbocycles. The minimum atomic E-state index is 1.11. The molecule has 1 aliphatic rings. The molecule has 2 rings (SSSR count). The lowest BCUT2D eigenvalue weighted by atomic mass is 10.1. The van der Waals surface area contributed by atoms with Gasteiger partial charge in [-0.05, 0) is 44.0 Å². The SMILES string of the molecule is C/C(=C/CN1CCCC1)c1ccccc1. The highest BCUT2D eigenvalue weighted by molar-refractivity contribution is 5.63. The number of nitrogens with zero attached hydrogens (tertiary/aromatic N) is 1. The Kier molecular flexibility index (Phi) is 3.57. The van der Waals surface area contributed by atoms with Crippen LogP contribution in [0.4, 0.5) is 0 Å². The van der Waals surface area contributed by atoms with Crippen LogP contribution in [-0.2, 0) is 0 Å². The first-order valence-corrected chi connectivity index (χ1v) is 5.81. The Morgan fingerprint density at radius 1 is 1.20 bits per heavy atom. The van der Waals surface area contributed by atoms with E-state index in [-0.39, 0.29) is 0 Å². The summed E-state index contributed by atoms with van der Waals surface area (Å²) in [6.07, 6.45) is 5.09. The molecule has 0 N–H and O–H groups in total. The number of benzene rings is 1. The standard InChI is InChI=1S/C14H19N/c1-13(14-7-3-2-4-8-14)9-12-15-10-5-6-11-15/h2-4,7-9H,5-6,10-12H2,1H3/b13-9-. The molecule has 0 spiro atoms. The average Bonchev–Trinajstić information content (AvgIpc) is 2.80. The van der Waals surface area contributed by atoms with Crippen molar-refractivity contribution >= 4 is 5.57 Å². The molecule has 1 saturated heterocycles. The van der Waals surface area contributed by atoms with E-state index < -0.39 is 0 Å². The van der Waals surface area contributed by atoms with Crippen molar-refractivity contribution in [3.8, 4) is 0 Å². The Bertz CT molecular complexity index is 320. The summed E-state index contributed by atoms with van der Waals surface area (Å²) in [6, 6.07) is 10.6. The van der Waals surface area contributed by atoms with Crippen molar-refractivity contribution < 1.29 is 0 Å². The van der Waals surface area contributed by atoms with Crippen LogP contribution >= 0.6 is 0 Å². The molecule has 0 amide bonds. The summed E-state index contributed by atoms with van der Waals surface area (Å²) < 4.78 is 0. The van der Waals surface area contributed by atoms with Gasteiger partial charge in [0.2, 0.25) is 0 Å². The largest absolute Gasteiger partial charge is 0.300 e. The third kappa shape index (κ3) is 2.93. The van der Waals surface area contributed by atoms with Crippen LogP contribution in [0.5, 0.6) is 0 Å². The first-order chi connectivity index (χ1) is 7.36. The Hall–Kier alpha value is -1.08. The Morgan fingerprint density at radius 3 is 2.53 bits per heavy atom. The zero-order valence-electron chi connectivity index (χ0n) is 9.45. The number of hydrogen-bond acceptors (Lipinski definition) is 1. The summed E-state index contributed by atoms with van der Waals surface area (Å²) in [4.78, 5) is 2.52. The lowest BCUT2D eigenvalue weighted by Crippen LogP contribution is -2.18. The van der Waals surface area contributed by atoms with Gasteiger partial charge in [0.15, 0.2) is 0 Å². The van der Waals surface area contributed by atoms with Gasteiger partial charge in [0, 0.05) is 6.54 Å². The maximum Gasteiger partial charge on any atom is 0.0169 e. The van der Waals surface area contributed by atoms with Crippen molar-refractivity contribution in [2.45, 2.75) is 19.8 Å². The molecule has 0 saturated carbocycles. The molecule has 0 atom stereocenters. The monoisotopic (exact) mass is 201 g/mol. The second-order valence-electron chi connectivity index (χ2n) is 4.26. The molecule has 1 aliphatic heterocycles. The molecule has 1 nitrogen and oxygen atoms in total. The van der Waals surface area contributed by atoms with Crippen LogP contribution < -0.4 is 0 Å². The van der Waals surface area contributed by atoms with Crippen LogP contribution in [0.25, 0.3) is 5.57 Å². The predicted molar refractivity (Wildman–Crippen MR) is 65.8 cm³/mol. The Labute approximate surface area is 92.4 Å². The van der Waals surface area contributed by atoms with E-state index in [2.05, 4.69) is 48.2 Å². The Balaban J connectivity index is 1.95. The summed E-state index contributed by atoms with van der Waals surface area (Å²) in [5.41, 5.74) is 2.74. The molecule has 1 heterocycles. The highest BCUT2D eigenvalue weighted by Gasteiger charge is 2.09. The van der Waals surface area contributed by atoms with E-state index in [1.165, 1.54) is 37.1 Å². The zero-order chi connectivity index (χ0) is 10.5. The second-order valence-corrected chi connectivity index (χ2v) is 4.26. The van der Waals surface area contributed by atoms with Gasteiger partial charge in [-0.2, -0.15) is 0 Å². The van der Waals surface area contributed by atoms with Gasteiger partial charge in [-0.25, -0.2) is 0 Å². The summed E-state index contributed by atoms with van der Waals surface area (Å²) in [5, 5.41) is 0. The molecule has 15 heavy (non-hydrogen) atoms. The zero-order valence-corrected chi connectivity index (χ0v) is 9.45. The van der Waals surface area contributed by atoms with Crippen LogP contribution in [0, 0.1) is 0 Å². The maximum absolute atomic E-state index is 2.52. The van der Waals surface area contributed by atoms with E-state index in [0.29, 0.717) is 0 Å². The molecule has 1 heteroatoms. The molecule has 0 bridgehead atoms. The maximum atomic E-state index is 2.52. The molecule has 80 valence electrons. The topological polar surface area (TPSA) is 3.24 Å². The lowest BCUT2D eigenvalue weighted by Gasteiger charge is -2.12. The number of allylic oxidation sites excluding steroid dienone is 1. The van der Waals surface area contributed by atoms with Gasteiger partial charge in [0.25, 0.3) is 0 Å². The van der Waals surface area contributed by atoms with Crippen LogP contribution in [0.15, 0.2) is 36.4 Å². The van der Waals surface area contributed by atoms with E-state index in [4.69, 9.17) is 0 Å². The predicted octanol–water partition coefficient (Wildman–Crippen LogP) is 3.19. The average molecular weight is 201 g/mol. The number of likely N-dealkylation sites (tertiary alicyclic amines) is 1. The molecular weight excluding hydrogens is 182 g/mol. The fourth-order valence-electron chi connectivity index (χ4n) is 2.05. The van der Waals surface area contributed by atoms with Gasteiger partial charge in [-0.1, -0.05) is 36.4 Å². The fraction of sp³-hybridized carbons (Fsp3) is 0.429. The summed E-state index contributed by atoms with van der Waals surface area (Å²) >= 11 is 0. The second kappa shape index (κ2) is 5.13. The van der Waals surface area contributed by atoms with Gasteiger partial charge >= 0.3 is 0 Å². The lowest BCUT2D eigenvalue weighted by molar-refractivity contribution is 0.377. The molecule has 0 radical (unpaired) electrons. The van der Waals surface area contributed by atoms with Gasteiger partial charge in [0.1, 0.15) is 0 Å². The Morgan fingerprint density at radius 2 is 1.87 bits per heavy atom. The van der Waals surface area contributed by atoms with Crippen LogP contribution in [-0.4, -0.2) is 24.5 Å². The van der Waals surface area contributed by atoms with Gasteiger partial charge in [-0.3, -0.25) is 4.90 Å². The van der Waals surface area contributed by atoms with Crippen molar-refractivity contribution in [2.24, 2.45) is 0 Å². The first kappa shape index (κ1) is 10.4. The minimum absolute atomic E-state index is 1.11. The molecular formula is C14H19N. The van der Waals surface area contributed by atoms with Crippen molar-refractivity contribution in [1.82, 2.24) is 4.90 Å². The highest BCUT2D eigenvalue weighted by atomic mass is 15.1. The van der Waals surface area contributed by atoms with Gasteiger partial charge in [-0.15, -0.1) is 0 Å². The smallest absolute Gasteiger partial charge is 0.0169 e. The van der Waals surface area contributed by atoms with Crippen LogP contribution in [0.2, 0.25) is 0 Å². The van der Waals surface area contributed by atoms with E-state index in [9.17, 15) is 0 Å². The molecule has 0 unspecified atom stereocenters. The van der Waals surface area contributed by atoms with E-state index in [1.807, 2.05) is 0 Å². The summed E-state index contributed by atoms with van der Waals surface area (Å²) in [5.74, 6) is 0.